The molecule has 2 aromatic carbocycles. The van der Waals surface area contributed by atoms with Crippen LogP contribution in [0.3, 0.4) is 0 Å². The molecule has 0 fully saturated rings. The molecule has 4 N–H and O–H groups in total. The van der Waals surface area contributed by atoms with Crippen LogP contribution in [0.2, 0.25) is 0 Å². The highest BCUT2D eigenvalue weighted by atomic mass is 16.5. The maximum absolute atomic E-state index is 12.3. The SMILES string of the molecule is CCN(CC)CCOC(=O)c1ccc(Nc2ncc3c(n2)N(c2ccc4c(c2)CCC4)N[NH2+]3)cc1. The summed E-state index contributed by atoms with van der Waals surface area (Å²) in [4.78, 5) is 23.7. The normalized spacial score (nSPS) is 14.2. The first-order valence-electron chi connectivity index (χ1n) is 12.3. The fraction of sp³-hybridized carbons (Fsp3) is 0.346. The van der Waals surface area contributed by atoms with Crippen molar-refractivity contribution < 1.29 is 15.0 Å². The summed E-state index contributed by atoms with van der Waals surface area (Å²) < 4.78 is 5.41. The van der Waals surface area contributed by atoms with Crippen LogP contribution in [-0.4, -0.2) is 47.1 Å². The Labute approximate surface area is 205 Å². The predicted molar refractivity (Wildman–Crippen MR) is 135 cm³/mol. The molecule has 0 amide bonds. The Kier molecular flexibility index (Phi) is 6.89. The Morgan fingerprint density at radius 2 is 1.94 bits per heavy atom. The molecule has 0 radical (unpaired) electrons. The van der Waals surface area contributed by atoms with E-state index >= 15 is 0 Å². The zero-order chi connectivity index (χ0) is 24.2. The van der Waals surface area contributed by atoms with Gasteiger partial charge in [0.2, 0.25) is 17.5 Å². The molecule has 1 aromatic heterocycles. The fourth-order valence-electron chi connectivity index (χ4n) is 4.52. The maximum atomic E-state index is 12.3. The maximum Gasteiger partial charge on any atom is 0.338 e. The van der Waals surface area contributed by atoms with E-state index in [9.17, 15) is 4.79 Å². The highest BCUT2D eigenvalue weighted by Gasteiger charge is 2.28. The summed E-state index contributed by atoms with van der Waals surface area (Å²) in [5.74, 6) is 0.972. The fourth-order valence-corrected chi connectivity index (χ4v) is 4.52. The van der Waals surface area contributed by atoms with Gasteiger partial charge in [0.15, 0.2) is 0 Å². The lowest BCUT2D eigenvalue weighted by Gasteiger charge is -2.17. The minimum absolute atomic E-state index is 0.316. The number of carbonyl (C=O) groups is 1. The van der Waals surface area contributed by atoms with E-state index in [2.05, 4.69) is 52.8 Å². The van der Waals surface area contributed by atoms with Gasteiger partial charge in [-0.2, -0.15) is 4.98 Å². The van der Waals surface area contributed by atoms with Gasteiger partial charge in [0.25, 0.3) is 0 Å². The van der Waals surface area contributed by atoms with Gasteiger partial charge in [-0.25, -0.2) is 20.2 Å². The lowest BCUT2D eigenvalue weighted by Crippen LogP contribution is -2.87. The number of rotatable bonds is 9. The number of hydrogen-bond donors (Lipinski definition) is 3. The van der Waals surface area contributed by atoms with Crippen molar-refractivity contribution in [3.63, 3.8) is 0 Å². The molecule has 182 valence electrons. The Morgan fingerprint density at radius 1 is 1.14 bits per heavy atom. The molecule has 1 aliphatic carbocycles. The van der Waals surface area contributed by atoms with E-state index in [0.717, 1.165) is 55.4 Å². The van der Waals surface area contributed by atoms with Gasteiger partial charge in [0.05, 0.1) is 17.4 Å². The Balaban J connectivity index is 1.23. The van der Waals surface area contributed by atoms with E-state index in [-0.39, 0.29) is 5.97 Å². The molecule has 35 heavy (non-hydrogen) atoms. The summed E-state index contributed by atoms with van der Waals surface area (Å²) in [5, 5.41) is 5.22. The molecular weight excluding hydrogens is 442 g/mol. The summed E-state index contributed by atoms with van der Waals surface area (Å²) in [5.41, 5.74) is 11.4. The molecular formula is C26H32N7O2+. The average molecular weight is 475 g/mol. The van der Waals surface area contributed by atoms with Gasteiger partial charge in [0, 0.05) is 12.2 Å². The minimum Gasteiger partial charge on any atom is -0.461 e. The number of nitrogens with zero attached hydrogens (tertiary/aromatic N) is 4. The second-order valence-electron chi connectivity index (χ2n) is 8.75. The van der Waals surface area contributed by atoms with Crippen LogP contribution < -0.4 is 21.3 Å². The summed E-state index contributed by atoms with van der Waals surface area (Å²) in [6.45, 7) is 7.21. The van der Waals surface area contributed by atoms with Crippen molar-refractivity contribution in [1.82, 2.24) is 20.4 Å². The van der Waals surface area contributed by atoms with Crippen LogP contribution in [0, 0.1) is 0 Å². The molecule has 1 aliphatic heterocycles. The molecule has 0 atom stereocenters. The smallest absolute Gasteiger partial charge is 0.338 e. The number of fused-ring (bicyclic) bond motifs is 2. The second-order valence-corrected chi connectivity index (χ2v) is 8.75. The molecule has 0 spiro atoms. The third kappa shape index (κ3) is 5.12. The van der Waals surface area contributed by atoms with Crippen LogP contribution in [0.25, 0.3) is 0 Å². The number of hydrazine groups is 1. The average Bonchev–Trinajstić information content (AvgIpc) is 3.53. The second kappa shape index (κ2) is 10.4. The number of quaternary nitrogens is 1. The highest BCUT2D eigenvalue weighted by Crippen LogP contribution is 2.32. The number of aromatic nitrogens is 2. The van der Waals surface area contributed by atoms with E-state index < -0.39 is 0 Å². The number of aryl methyl sites for hydroxylation is 2. The van der Waals surface area contributed by atoms with Crippen molar-refractivity contribution in [3.8, 4) is 0 Å². The van der Waals surface area contributed by atoms with Crippen molar-refractivity contribution in [2.75, 3.05) is 36.6 Å². The standard InChI is InChI=1S/C26H31N7O2/c1-3-32(4-2)14-15-35-25(34)19-8-11-21(12-9-19)28-26-27-17-23-24(29-26)33(31-30-23)22-13-10-18-6-5-7-20(18)16-22/h8-13,16-17,30-31H,3-7,14-15H2,1-2H3,(H,27,28,29)/p+1. The highest BCUT2D eigenvalue weighted by molar-refractivity contribution is 5.89. The van der Waals surface area contributed by atoms with Crippen molar-refractivity contribution >= 4 is 34.8 Å². The zero-order valence-corrected chi connectivity index (χ0v) is 20.3. The quantitative estimate of drug-likeness (QED) is 0.322. The Hall–Kier alpha value is -3.53. The Morgan fingerprint density at radius 3 is 2.74 bits per heavy atom. The number of nitrogens with one attached hydrogen (secondary N) is 2. The summed E-state index contributed by atoms with van der Waals surface area (Å²) in [6, 6.07) is 13.8. The number of likely N-dealkylation sites (N-methyl/N-ethyl adjacent to an activating group) is 1. The molecule has 9 nitrogen and oxygen atoms in total. The van der Waals surface area contributed by atoms with Crippen LogP contribution in [0.15, 0.2) is 48.7 Å². The molecule has 9 heteroatoms. The zero-order valence-electron chi connectivity index (χ0n) is 20.3. The van der Waals surface area contributed by atoms with Gasteiger partial charge in [-0.1, -0.05) is 25.4 Å². The number of ether oxygens (including phenoxy) is 1. The van der Waals surface area contributed by atoms with Crippen LogP contribution in [0.4, 0.5) is 28.8 Å². The van der Waals surface area contributed by atoms with E-state index in [1.807, 2.05) is 22.6 Å². The summed E-state index contributed by atoms with van der Waals surface area (Å²) in [6.07, 6.45) is 5.31. The van der Waals surface area contributed by atoms with Gasteiger partial charge >= 0.3 is 5.97 Å². The van der Waals surface area contributed by atoms with Crippen molar-refractivity contribution in [2.45, 2.75) is 33.1 Å². The van der Waals surface area contributed by atoms with Gasteiger partial charge in [-0.05, 0) is 79.9 Å². The van der Waals surface area contributed by atoms with Crippen LogP contribution >= 0.6 is 0 Å². The molecule has 5 rings (SSSR count). The molecule has 0 saturated carbocycles. The summed E-state index contributed by atoms with van der Waals surface area (Å²) >= 11 is 0. The molecule has 2 heterocycles. The lowest BCUT2D eigenvalue weighted by molar-refractivity contribution is -0.624. The van der Waals surface area contributed by atoms with Gasteiger partial charge in [-0.15, -0.1) is 0 Å². The molecule has 0 bridgehead atoms. The van der Waals surface area contributed by atoms with Gasteiger partial charge < -0.3 is 15.0 Å². The predicted octanol–water partition coefficient (Wildman–Crippen LogP) is 2.97. The molecule has 3 aromatic rings. The molecule has 0 unspecified atom stereocenters. The third-order valence-electron chi connectivity index (χ3n) is 6.61. The van der Waals surface area contributed by atoms with E-state index in [1.54, 1.807) is 18.3 Å². The Bertz CT molecular complexity index is 1190. The topological polar surface area (TPSA) is 99.2 Å². The van der Waals surface area contributed by atoms with Gasteiger partial charge in [0.1, 0.15) is 6.61 Å². The first-order valence-corrected chi connectivity index (χ1v) is 12.3. The lowest BCUT2D eigenvalue weighted by atomic mass is 10.1. The number of anilines is 4. The molecule has 2 aliphatic rings. The van der Waals surface area contributed by atoms with E-state index in [1.165, 1.54) is 17.5 Å². The van der Waals surface area contributed by atoms with Crippen molar-refractivity contribution in [2.24, 2.45) is 0 Å². The number of nitrogens with two attached hydrogens (primary N) is 1. The monoisotopic (exact) mass is 474 g/mol. The third-order valence-corrected chi connectivity index (χ3v) is 6.61. The first-order chi connectivity index (χ1) is 17.1. The molecule has 0 saturated heterocycles. The van der Waals surface area contributed by atoms with Gasteiger partial charge in [-0.3, -0.25) is 0 Å². The van der Waals surface area contributed by atoms with Crippen molar-refractivity contribution in [1.29, 1.82) is 0 Å². The minimum atomic E-state index is -0.316. The number of esters is 1. The van der Waals surface area contributed by atoms with Crippen LogP contribution in [-0.2, 0) is 17.6 Å². The van der Waals surface area contributed by atoms with Crippen molar-refractivity contribution in [3.05, 3.63) is 65.4 Å². The largest absolute Gasteiger partial charge is 0.461 e. The van der Waals surface area contributed by atoms with E-state index in [0.29, 0.717) is 18.1 Å². The first kappa shape index (κ1) is 23.2. The van der Waals surface area contributed by atoms with Crippen LogP contribution in [0.5, 0.6) is 0 Å². The number of carbonyl (C=O) groups excluding carboxylic acids is 1. The number of benzene rings is 2. The summed E-state index contributed by atoms with van der Waals surface area (Å²) in [7, 11) is 0. The number of hydrogen-bond acceptors (Lipinski definition) is 8. The van der Waals surface area contributed by atoms with E-state index in [4.69, 9.17) is 9.72 Å². The van der Waals surface area contributed by atoms with Crippen LogP contribution in [0.1, 0.15) is 41.8 Å².